The number of allylic oxidation sites excluding steroid dienone is 4. The summed E-state index contributed by atoms with van der Waals surface area (Å²) in [6.45, 7) is 4.10. The third-order valence-electron chi connectivity index (χ3n) is 5.53. The Labute approximate surface area is 187 Å². The quantitative estimate of drug-likeness (QED) is 0.593. The maximum absolute atomic E-state index is 12.8. The molecule has 2 aromatic rings. The minimum atomic E-state index is -4.37. The molecule has 0 spiro atoms. The zero-order valence-corrected chi connectivity index (χ0v) is 18.3. The van der Waals surface area contributed by atoms with Gasteiger partial charge in [-0.25, -0.2) is 4.98 Å². The Hall–Kier alpha value is -3.07. The highest BCUT2D eigenvalue weighted by molar-refractivity contribution is 7.15. The van der Waals surface area contributed by atoms with Crippen LogP contribution in [0.4, 0.5) is 13.2 Å². The number of hydrogen-bond acceptors (Lipinski definition) is 5. The van der Waals surface area contributed by atoms with Crippen molar-refractivity contribution in [2.75, 3.05) is 6.54 Å². The smallest absolute Gasteiger partial charge is 0.416 e. The lowest BCUT2D eigenvalue weighted by molar-refractivity contribution is -0.138. The Morgan fingerprint density at radius 1 is 1.28 bits per heavy atom. The first kappa shape index (κ1) is 22.1. The van der Waals surface area contributed by atoms with Gasteiger partial charge in [0, 0.05) is 29.3 Å². The number of ether oxygens (including phenoxy) is 1. The van der Waals surface area contributed by atoms with Crippen molar-refractivity contribution >= 4 is 17.3 Å². The second-order valence-electron chi connectivity index (χ2n) is 8.01. The number of carbonyl (C=O) groups is 1. The number of benzene rings is 1. The number of aromatic nitrogens is 1. The van der Waals surface area contributed by atoms with Gasteiger partial charge < -0.3 is 14.7 Å². The number of aryl methyl sites for hydroxylation is 1. The Balaban J connectivity index is 1.45. The molecule has 4 rings (SSSR count). The molecule has 0 bridgehead atoms. The topological polar surface area (TPSA) is 62.7 Å². The summed E-state index contributed by atoms with van der Waals surface area (Å²) < 4.78 is 44.4. The van der Waals surface area contributed by atoms with Crippen LogP contribution in [-0.2, 0) is 22.3 Å². The predicted molar refractivity (Wildman–Crippen MR) is 114 cm³/mol. The van der Waals surface area contributed by atoms with Gasteiger partial charge in [-0.3, -0.25) is 4.79 Å². The molecule has 0 saturated carbocycles. The first-order valence-electron chi connectivity index (χ1n) is 9.91. The first-order chi connectivity index (χ1) is 15.0. The normalized spacial score (nSPS) is 20.1. The van der Waals surface area contributed by atoms with E-state index in [9.17, 15) is 18.0 Å². The summed E-state index contributed by atoms with van der Waals surface area (Å²) in [5.41, 5.74) is 1.31. The van der Waals surface area contributed by atoms with E-state index in [1.807, 2.05) is 32.1 Å². The summed E-state index contributed by atoms with van der Waals surface area (Å²) in [5.74, 6) is -0.114. The van der Waals surface area contributed by atoms with Gasteiger partial charge in [0.1, 0.15) is 18.2 Å². The maximum atomic E-state index is 12.8. The van der Waals surface area contributed by atoms with E-state index in [0.29, 0.717) is 23.6 Å². The van der Waals surface area contributed by atoms with Crippen LogP contribution in [0.1, 0.15) is 29.5 Å². The van der Waals surface area contributed by atoms with Crippen molar-refractivity contribution in [2.24, 2.45) is 5.41 Å². The number of hydrogen-bond donors (Lipinski definition) is 1. The number of aliphatic carboxylic acids is 1. The fourth-order valence-electron chi connectivity index (χ4n) is 3.80. The molecule has 32 heavy (non-hydrogen) atoms. The highest BCUT2D eigenvalue weighted by atomic mass is 32.1. The third kappa shape index (κ3) is 4.43. The van der Waals surface area contributed by atoms with E-state index >= 15 is 0 Å². The number of fused-ring (bicyclic) bond motifs is 1. The summed E-state index contributed by atoms with van der Waals surface area (Å²) in [6, 6.07) is 4.97. The Kier molecular flexibility index (Phi) is 5.62. The molecule has 2 heterocycles. The van der Waals surface area contributed by atoms with Crippen LogP contribution in [0.5, 0.6) is 0 Å². The molecule has 1 aliphatic heterocycles. The van der Waals surface area contributed by atoms with Crippen LogP contribution in [0.2, 0.25) is 0 Å². The molecule has 5 nitrogen and oxygen atoms in total. The SMILES string of the molecule is Cc1nc(-c2ccc(C(F)(F)F)cc2)sc1COC1=CC=C2N(CC(=O)O)C=CC2(C)C1. The molecule has 1 aromatic heterocycles. The molecule has 1 atom stereocenters. The summed E-state index contributed by atoms with van der Waals surface area (Å²) in [6.07, 6.45) is 3.75. The summed E-state index contributed by atoms with van der Waals surface area (Å²) in [5, 5.41) is 9.72. The van der Waals surface area contributed by atoms with Crippen LogP contribution in [0.15, 0.2) is 60.1 Å². The van der Waals surface area contributed by atoms with Crippen LogP contribution < -0.4 is 0 Å². The van der Waals surface area contributed by atoms with Gasteiger partial charge in [0.2, 0.25) is 0 Å². The van der Waals surface area contributed by atoms with Gasteiger partial charge >= 0.3 is 12.1 Å². The lowest BCUT2D eigenvalue weighted by Gasteiger charge is -2.32. The van der Waals surface area contributed by atoms with Gasteiger partial charge in [-0.1, -0.05) is 25.1 Å². The maximum Gasteiger partial charge on any atom is 0.416 e. The molecule has 0 amide bonds. The molecule has 1 aromatic carbocycles. The second-order valence-corrected chi connectivity index (χ2v) is 9.09. The van der Waals surface area contributed by atoms with Crippen molar-refractivity contribution in [2.45, 2.75) is 33.1 Å². The Morgan fingerprint density at radius 2 is 2.00 bits per heavy atom. The number of carboxylic acid groups (broad SMARTS) is 1. The largest absolute Gasteiger partial charge is 0.492 e. The highest BCUT2D eigenvalue weighted by Gasteiger charge is 2.38. The van der Waals surface area contributed by atoms with E-state index in [1.165, 1.54) is 23.5 Å². The van der Waals surface area contributed by atoms with Crippen molar-refractivity contribution in [1.29, 1.82) is 0 Å². The molecular weight excluding hydrogens is 441 g/mol. The predicted octanol–water partition coefficient (Wildman–Crippen LogP) is 5.75. The number of rotatable bonds is 6. The standard InChI is InChI=1S/C23H21F3N2O3S/c1-14-18(32-21(27-14)15-3-5-16(6-4-15)23(24,25)26)13-31-17-7-8-19-22(2,11-17)9-10-28(19)12-20(29)30/h3-10H,11-13H2,1-2H3,(H,29,30). The summed E-state index contributed by atoms with van der Waals surface area (Å²) in [7, 11) is 0. The molecular formula is C23H21F3N2O3S. The Bertz CT molecular complexity index is 1130. The van der Waals surface area contributed by atoms with E-state index in [0.717, 1.165) is 34.2 Å². The molecule has 2 aliphatic rings. The third-order valence-corrected chi connectivity index (χ3v) is 6.71. The summed E-state index contributed by atoms with van der Waals surface area (Å²) in [4.78, 5) is 18.2. The van der Waals surface area contributed by atoms with Crippen molar-refractivity contribution in [3.8, 4) is 10.6 Å². The molecule has 0 radical (unpaired) electrons. The molecule has 0 saturated heterocycles. The van der Waals surface area contributed by atoms with E-state index in [-0.39, 0.29) is 12.0 Å². The van der Waals surface area contributed by atoms with Gasteiger partial charge in [0.05, 0.1) is 21.9 Å². The lowest BCUT2D eigenvalue weighted by Crippen LogP contribution is -2.29. The average Bonchev–Trinajstić information content (AvgIpc) is 3.25. The van der Waals surface area contributed by atoms with Gasteiger partial charge in [-0.2, -0.15) is 13.2 Å². The molecule has 1 aliphatic carbocycles. The number of thiazole rings is 1. The summed E-state index contributed by atoms with van der Waals surface area (Å²) >= 11 is 1.39. The number of alkyl halides is 3. The van der Waals surface area contributed by atoms with E-state index in [1.54, 1.807) is 11.1 Å². The zero-order chi connectivity index (χ0) is 23.1. The minimum Gasteiger partial charge on any atom is -0.492 e. The van der Waals surface area contributed by atoms with Crippen LogP contribution in [0.25, 0.3) is 10.6 Å². The average molecular weight is 462 g/mol. The monoisotopic (exact) mass is 462 g/mol. The molecule has 0 fully saturated rings. The second kappa shape index (κ2) is 8.12. The van der Waals surface area contributed by atoms with Gasteiger partial charge in [-0.15, -0.1) is 11.3 Å². The first-order valence-corrected chi connectivity index (χ1v) is 10.7. The van der Waals surface area contributed by atoms with Crippen LogP contribution in [0, 0.1) is 12.3 Å². The van der Waals surface area contributed by atoms with Crippen LogP contribution in [-0.4, -0.2) is 27.5 Å². The zero-order valence-electron chi connectivity index (χ0n) is 17.4. The fraction of sp³-hybridized carbons (Fsp3) is 0.304. The van der Waals surface area contributed by atoms with Gasteiger partial charge in [0.15, 0.2) is 0 Å². The van der Waals surface area contributed by atoms with E-state index in [4.69, 9.17) is 9.84 Å². The fourth-order valence-corrected chi connectivity index (χ4v) is 4.79. The van der Waals surface area contributed by atoms with E-state index in [2.05, 4.69) is 4.98 Å². The number of nitrogens with zero attached hydrogens (tertiary/aromatic N) is 2. The van der Waals surface area contributed by atoms with Crippen molar-refractivity contribution in [3.63, 3.8) is 0 Å². The van der Waals surface area contributed by atoms with Crippen molar-refractivity contribution < 1.29 is 27.8 Å². The van der Waals surface area contributed by atoms with Crippen LogP contribution in [0.3, 0.4) is 0 Å². The van der Waals surface area contributed by atoms with Crippen molar-refractivity contribution in [3.05, 3.63) is 76.3 Å². The highest BCUT2D eigenvalue weighted by Crippen LogP contribution is 2.45. The van der Waals surface area contributed by atoms with Gasteiger partial charge in [0.25, 0.3) is 0 Å². The molecule has 1 unspecified atom stereocenters. The van der Waals surface area contributed by atoms with Crippen LogP contribution >= 0.6 is 11.3 Å². The minimum absolute atomic E-state index is 0.0886. The number of carboxylic acids is 1. The number of halogens is 3. The Morgan fingerprint density at radius 3 is 2.66 bits per heavy atom. The van der Waals surface area contributed by atoms with Gasteiger partial charge in [-0.05, 0) is 31.2 Å². The van der Waals surface area contributed by atoms with Crippen molar-refractivity contribution in [1.82, 2.24) is 9.88 Å². The molecule has 1 N–H and O–H groups in total. The molecule has 9 heteroatoms. The lowest BCUT2D eigenvalue weighted by atomic mass is 9.81. The van der Waals surface area contributed by atoms with E-state index < -0.39 is 17.7 Å². The molecule has 168 valence electrons.